The van der Waals surface area contributed by atoms with Crippen LogP contribution in [0.1, 0.15) is 58.3 Å². The summed E-state index contributed by atoms with van der Waals surface area (Å²) in [6, 6.07) is 0. The molecule has 0 aromatic rings. The number of allylic oxidation sites excluding steroid dienone is 4. The standard InChI is InChI=1S/C15H27N/c1-3-4-5-10-13-15(16-2)14-11-8-6-7-9-12-14/h5,10,13-14,16H,3-4,6-9,11-12H2,1-2H3/b10-5+,15-13-. The van der Waals surface area contributed by atoms with Crippen LogP contribution in [0, 0.1) is 5.92 Å². The summed E-state index contributed by atoms with van der Waals surface area (Å²) in [5.41, 5.74) is 1.44. The Balaban J connectivity index is 2.50. The summed E-state index contributed by atoms with van der Waals surface area (Å²) < 4.78 is 0. The molecule has 0 bridgehead atoms. The van der Waals surface area contributed by atoms with Crippen molar-refractivity contribution in [3.8, 4) is 0 Å². The summed E-state index contributed by atoms with van der Waals surface area (Å²) in [7, 11) is 2.06. The summed E-state index contributed by atoms with van der Waals surface area (Å²) in [6.07, 6.45) is 17.6. The van der Waals surface area contributed by atoms with Crippen LogP contribution < -0.4 is 5.32 Å². The van der Waals surface area contributed by atoms with Crippen molar-refractivity contribution in [2.45, 2.75) is 58.3 Å². The van der Waals surface area contributed by atoms with E-state index in [9.17, 15) is 0 Å². The third-order valence-electron chi connectivity index (χ3n) is 3.45. The second kappa shape index (κ2) is 8.43. The first-order chi connectivity index (χ1) is 7.88. The molecule has 1 saturated carbocycles. The first kappa shape index (κ1) is 13.3. The fourth-order valence-corrected chi connectivity index (χ4v) is 2.45. The van der Waals surface area contributed by atoms with E-state index in [0.717, 1.165) is 5.92 Å². The lowest BCUT2D eigenvalue weighted by molar-refractivity contribution is 0.505. The fourth-order valence-electron chi connectivity index (χ4n) is 2.45. The van der Waals surface area contributed by atoms with Gasteiger partial charge >= 0.3 is 0 Å². The van der Waals surface area contributed by atoms with E-state index < -0.39 is 0 Å². The van der Waals surface area contributed by atoms with Gasteiger partial charge in [-0.3, -0.25) is 0 Å². The van der Waals surface area contributed by atoms with Crippen LogP contribution in [0.5, 0.6) is 0 Å². The molecule has 0 aromatic carbocycles. The fraction of sp³-hybridized carbons (Fsp3) is 0.733. The van der Waals surface area contributed by atoms with Gasteiger partial charge in [0.2, 0.25) is 0 Å². The molecule has 1 rings (SSSR count). The van der Waals surface area contributed by atoms with Crippen LogP contribution in [0.3, 0.4) is 0 Å². The van der Waals surface area contributed by atoms with E-state index in [4.69, 9.17) is 0 Å². The number of unbranched alkanes of at least 4 members (excludes halogenated alkanes) is 1. The van der Waals surface area contributed by atoms with E-state index >= 15 is 0 Å². The summed E-state index contributed by atoms with van der Waals surface area (Å²) in [4.78, 5) is 0. The van der Waals surface area contributed by atoms with E-state index in [1.54, 1.807) is 0 Å². The molecule has 0 amide bonds. The highest BCUT2D eigenvalue weighted by Gasteiger charge is 2.14. The number of nitrogens with one attached hydrogen (secondary N) is 1. The van der Waals surface area contributed by atoms with Gasteiger partial charge in [-0.15, -0.1) is 0 Å². The lowest BCUT2D eigenvalue weighted by Gasteiger charge is -2.17. The molecule has 0 saturated heterocycles. The topological polar surface area (TPSA) is 12.0 Å². The zero-order valence-electron chi connectivity index (χ0n) is 11.0. The molecule has 1 nitrogen and oxygen atoms in total. The van der Waals surface area contributed by atoms with Crippen LogP contribution in [0.4, 0.5) is 0 Å². The highest BCUT2D eigenvalue weighted by molar-refractivity contribution is 5.13. The maximum atomic E-state index is 3.39. The zero-order chi connectivity index (χ0) is 11.6. The highest BCUT2D eigenvalue weighted by atomic mass is 14.8. The Morgan fingerprint density at radius 2 is 1.88 bits per heavy atom. The summed E-state index contributed by atoms with van der Waals surface area (Å²) in [5.74, 6) is 0.777. The molecular formula is C15H27N. The van der Waals surface area contributed by atoms with Crippen molar-refractivity contribution in [1.82, 2.24) is 5.32 Å². The molecule has 16 heavy (non-hydrogen) atoms. The van der Waals surface area contributed by atoms with Gasteiger partial charge in [-0.25, -0.2) is 0 Å². The Kier molecular flexibility index (Phi) is 7.03. The van der Waals surface area contributed by atoms with Crippen LogP contribution in [0.15, 0.2) is 23.9 Å². The van der Waals surface area contributed by atoms with Crippen LogP contribution >= 0.6 is 0 Å². The van der Waals surface area contributed by atoms with Crippen molar-refractivity contribution in [3.05, 3.63) is 23.9 Å². The number of hydrogen-bond acceptors (Lipinski definition) is 1. The minimum Gasteiger partial charge on any atom is -0.391 e. The van der Waals surface area contributed by atoms with Crippen molar-refractivity contribution in [1.29, 1.82) is 0 Å². The van der Waals surface area contributed by atoms with Gasteiger partial charge in [0.05, 0.1) is 0 Å². The largest absolute Gasteiger partial charge is 0.391 e. The average Bonchev–Trinajstić information content (AvgIpc) is 2.58. The van der Waals surface area contributed by atoms with Gasteiger partial charge in [-0.2, -0.15) is 0 Å². The van der Waals surface area contributed by atoms with E-state index in [2.05, 4.69) is 37.5 Å². The lowest BCUT2D eigenvalue weighted by Crippen LogP contribution is -2.15. The number of rotatable bonds is 5. The van der Waals surface area contributed by atoms with Crippen LogP contribution in [0.2, 0.25) is 0 Å². The predicted molar refractivity (Wildman–Crippen MR) is 72.4 cm³/mol. The molecule has 0 heterocycles. The van der Waals surface area contributed by atoms with Crippen LogP contribution in [-0.2, 0) is 0 Å². The van der Waals surface area contributed by atoms with E-state index in [1.165, 1.54) is 57.1 Å². The Labute approximate surface area is 101 Å². The Hall–Kier alpha value is -0.720. The third kappa shape index (κ3) is 4.87. The zero-order valence-corrected chi connectivity index (χ0v) is 11.0. The molecule has 0 unspecified atom stereocenters. The van der Waals surface area contributed by atoms with E-state index in [0.29, 0.717) is 0 Å². The molecule has 1 aliphatic carbocycles. The first-order valence-corrected chi connectivity index (χ1v) is 6.93. The molecule has 1 fully saturated rings. The molecule has 0 radical (unpaired) electrons. The smallest absolute Gasteiger partial charge is 0.0135 e. The highest BCUT2D eigenvalue weighted by Crippen LogP contribution is 2.27. The molecule has 0 spiro atoms. The first-order valence-electron chi connectivity index (χ1n) is 6.93. The average molecular weight is 221 g/mol. The minimum atomic E-state index is 0.777. The molecule has 92 valence electrons. The van der Waals surface area contributed by atoms with Gasteiger partial charge in [0.1, 0.15) is 0 Å². The van der Waals surface area contributed by atoms with Crippen molar-refractivity contribution in [3.63, 3.8) is 0 Å². The quantitative estimate of drug-likeness (QED) is 0.535. The second-order valence-electron chi connectivity index (χ2n) is 4.78. The molecule has 0 aromatic heterocycles. The van der Waals surface area contributed by atoms with Crippen molar-refractivity contribution >= 4 is 0 Å². The van der Waals surface area contributed by atoms with E-state index in [-0.39, 0.29) is 0 Å². The molecule has 1 heteroatoms. The Bertz CT molecular complexity index is 220. The van der Waals surface area contributed by atoms with Gasteiger partial charge in [0, 0.05) is 12.7 Å². The van der Waals surface area contributed by atoms with Crippen LogP contribution in [0.25, 0.3) is 0 Å². The van der Waals surface area contributed by atoms with Gasteiger partial charge in [0.15, 0.2) is 0 Å². The van der Waals surface area contributed by atoms with E-state index in [1.807, 2.05) is 0 Å². The lowest BCUT2D eigenvalue weighted by atomic mass is 9.96. The Morgan fingerprint density at radius 3 is 2.44 bits per heavy atom. The monoisotopic (exact) mass is 221 g/mol. The maximum absolute atomic E-state index is 3.39. The van der Waals surface area contributed by atoms with Gasteiger partial charge < -0.3 is 5.32 Å². The van der Waals surface area contributed by atoms with Crippen molar-refractivity contribution in [2.75, 3.05) is 7.05 Å². The van der Waals surface area contributed by atoms with Gasteiger partial charge in [-0.05, 0) is 31.3 Å². The molecular weight excluding hydrogens is 194 g/mol. The number of hydrogen-bond donors (Lipinski definition) is 1. The molecule has 0 atom stereocenters. The third-order valence-corrected chi connectivity index (χ3v) is 3.45. The van der Waals surface area contributed by atoms with Crippen LogP contribution in [-0.4, -0.2) is 7.05 Å². The van der Waals surface area contributed by atoms with Crippen molar-refractivity contribution in [2.24, 2.45) is 5.92 Å². The van der Waals surface area contributed by atoms with Crippen molar-refractivity contribution < 1.29 is 0 Å². The summed E-state index contributed by atoms with van der Waals surface area (Å²) >= 11 is 0. The Morgan fingerprint density at radius 1 is 1.19 bits per heavy atom. The molecule has 1 N–H and O–H groups in total. The summed E-state index contributed by atoms with van der Waals surface area (Å²) in [6.45, 7) is 2.22. The van der Waals surface area contributed by atoms with Gasteiger partial charge in [0.25, 0.3) is 0 Å². The minimum absolute atomic E-state index is 0.777. The van der Waals surface area contributed by atoms with Gasteiger partial charge in [-0.1, -0.05) is 51.2 Å². The SMILES string of the molecule is CCC/C=C/C=C(\NC)C1CCCCCC1. The second-order valence-corrected chi connectivity index (χ2v) is 4.78. The summed E-state index contributed by atoms with van der Waals surface area (Å²) in [5, 5.41) is 3.39. The molecule has 0 aliphatic heterocycles. The maximum Gasteiger partial charge on any atom is 0.0135 e. The predicted octanol–water partition coefficient (Wildman–Crippen LogP) is 4.42. The molecule has 1 aliphatic rings. The normalized spacial score (nSPS) is 20.0.